The number of hydrogen-bond donors (Lipinski definition) is 2. The Morgan fingerprint density at radius 2 is 2.35 bits per heavy atom. The molecule has 0 aromatic carbocycles. The smallest absolute Gasteiger partial charge is 0.268 e. The predicted molar refractivity (Wildman–Crippen MR) is 85.1 cm³/mol. The van der Waals surface area contributed by atoms with Gasteiger partial charge in [-0.05, 0) is 12.5 Å². The van der Waals surface area contributed by atoms with Gasteiger partial charge in [0.05, 0.1) is 5.39 Å². The maximum absolute atomic E-state index is 11.3. The summed E-state index contributed by atoms with van der Waals surface area (Å²) in [6.45, 7) is 0.811. The summed E-state index contributed by atoms with van der Waals surface area (Å²) in [5.41, 5.74) is 6.48. The number of hydrogen-bond acceptors (Lipinski definition) is 5. The molecule has 0 radical (unpaired) electrons. The van der Waals surface area contributed by atoms with E-state index in [4.69, 9.17) is 5.73 Å². The van der Waals surface area contributed by atoms with Gasteiger partial charge in [-0.25, -0.2) is 15.0 Å². The van der Waals surface area contributed by atoms with E-state index in [1.165, 1.54) is 0 Å². The summed E-state index contributed by atoms with van der Waals surface area (Å²) >= 11 is 0. The van der Waals surface area contributed by atoms with E-state index in [0.717, 1.165) is 42.1 Å². The number of H-pyrrole nitrogens is 1. The number of aromatic amines is 1. The summed E-state index contributed by atoms with van der Waals surface area (Å²) < 4.78 is 2.01. The van der Waals surface area contributed by atoms with Gasteiger partial charge < -0.3 is 20.2 Å². The number of likely N-dealkylation sites (N-methyl/N-ethyl adjacent to an activating group) is 1. The highest BCUT2D eigenvalue weighted by molar-refractivity contribution is 5.90. The van der Waals surface area contributed by atoms with Crippen LogP contribution in [0.5, 0.6) is 0 Å². The van der Waals surface area contributed by atoms with Crippen molar-refractivity contribution < 1.29 is 4.79 Å². The number of nitrogens with zero attached hydrogens (tertiary/aromatic N) is 5. The van der Waals surface area contributed by atoms with Crippen molar-refractivity contribution in [2.45, 2.75) is 25.4 Å². The number of amides is 1. The van der Waals surface area contributed by atoms with Crippen LogP contribution >= 0.6 is 0 Å². The van der Waals surface area contributed by atoms with Crippen molar-refractivity contribution in [3.63, 3.8) is 0 Å². The fraction of sp³-hybridized carbons (Fsp3) is 0.333. The van der Waals surface area contributed by atoms with E-state index < -0.39 is 5.91 Å². The molecule has 1 amide bonds. The first-order valence-corrected chi connectivity index (χ1v) is 7.50. The molecule has 0 spiro atoms. The summed E-state index contributed by atoms with van der Waals surface area (Å²) in [5, 5.41) is 1.00. The third-order valence-corrected chi connectivity index (χ3v) is 4.45. The van der Waals surface area contributed by atoms with Gasteiger partial charge in [-0.1, -0.05) is 0 Å². The summed E-state index contributed by atoms with van der Waals surface area (Å²) in [5.74, 6) is 1.30. The topological polar surface area (TPSA) is 106 Å². The van der Waals surface area contributed by atoms with Crippen LogP contribution in [0.25, 0.3) is 11.0 Å². The number of aromatic nitrogens is 5. The molecule has 8 heteroatoms. The summed E-state index contributed by atoms with van der Waals surface area (Å²) in [6.07, 6.45) is 6.87. The average Bonchev–Trinajstić information content (AvgIpc) is 3.19. The van der Waals surface area contributed by atoms with Crippen molar-refractivity contribution in [3.8, 4) is 0 Å². The summed E-state index contributed by atoms with van der Waals surface area (Å²) in [6, 6.07) is 2.24. The van der Waals surface area contributed by atoms with E-state index in [-0.39, 0.29) is 6.04 Å². The summed E-state index contributed by atoms with van der Waals surface area (Å²) in [7, 11) is 2.03. The number of imidazole rings is 1. The fourth-order valence-corrected chi connectivity index (χ4v) is 3.17. The Kier molecular flexibility index (Phi) is 3.03. The van der Waals surface area contributed by atoms with Gasteiger partial charge in [0, 0.05) is 38.4 Å². The summed E-state index contributed by atoms with van der Waals surface area (Å²) in [4.78, 5) is 29.6. The molecule has 1 atom stereocenters. The molecular formula is C15H17N7O. The number of primary amides is 1. The lowest BCUT2D eigenvalue weighted by molar-refractivity contribution is 0.0996. The number of fused-ring (bicyclic) bond motifs is 2. The largest absolute Gasteiger partial charge is 0.364 e. The Bertz CT molecular complexity index is 881. The highest BCUT2D eigenvalue weighted by Gasteiger charge is 2.26. The number of carbonyl (C=O) groups is 1. The molecular weight excluding hydrogens is 294 g/mol. The Hall–Kier alpha value is -2.90. The van der Waals surface area contributed by atoms with Gasteiger partial charge in [0.2, 0.25) is 0 Å². The van der Waals surface area contributed by atoms with E-state index in [1.807, 2.05) is 23.9 Å². The van der Waals surface area contributed by atoms with Crippen molar-refractivity contribution in [1.82, 2.24) is 24.5 Å². The van der Waals surface area contributed by atoms with Crippen molar-refractivity contribution in [2.24, 2.45) is 5.73 Å². The number of anilines is 1. The zero-order valence-electron chi connectivity index (χ0n) is 12.7. The minimum absolute atomic E-state index is 0.263. The second kappa shape index (κ2) is 5.08. The van der Waals surface area contributed by atoms with Gasteiger partial charge in [0.1, 0.15) is 29.3 Å². The first-order valence-electron chi connectivity index (χ1n) is 7.50. The van der Waals surface area contributed by atoms with E-state index in [2.05, 4.69) is 24.8 Å². The third kappa shape index (κ3) is 2.23. The maximum atomic E-state index is 11.3. The molecule has 0 saturated heterocycles. The fourth-order valence-electron chi connectivity index (χ4n) is 3.17. The Labute approximate surface area is 132 Å². The zero-order chi connectivity index (χ0) is 16.0. The lowest BCUT2D eigenvalue weighted by atomic mass is 10.0. The average molecular weight is 311 g/mol. The molecule has 23 heavy (non-hydrogen) atoms. The van der Waals surface area contributed by atoms with Crippen molar-refractivity contribution in [3.05, 3.63) is 36.3 Å². The molecule has 4 rings (SSSR count). The van der Waals surface area contributed by atoms with E-state index in [9.17, 15) is 4.79 Å². The molecule has 3 N–H and O–H groups in total. The molecule has 1 aliphatic rings. The molecule has 3 aromatic rings. The van der Waals surface area contributed by atoms with Crippen LogP contribution in [0, 0.1) is 0 Å². The molecule has 1 aliphatic heterocycles. The number of nitrogens with two attached hydrogens (primary N) is 1. The van der Waals surface area contributed by atoms with Crippen molar-refractivity contribution >= 4 is 22.8 Å². The second-order valence-corrected chi connectivity index (χ2v) is 5.79. The maximum Gasteiger partial charge on any atom is 0.268 e. The van der Waals surface area contributed by atoms with Gasteiger partial charge in [0.15, 0.2) is 0 Å². The lowest BCUT2D eigenvalue weighted by Crippen LogP contribution is -2.38. The van der Waals surface area contributed by atoms with Crippen LogP contribution in [-0.2, 0) is 13.0 Å². The molecule has 0 aliphatic carbocycles. The Balaban J connectivity index is 1.63. The minimum Gasteiger partial charge on any atom is -0.364 e. The molecule has 3 aromatic heterocycles. The molecule has 8 nitrogen and oxygen atoms in total. The van der Waals surface area contributed by atoms with Crippen LogP contribution in [0.4, 0.5) is 5.82 Å². The van der Waals surface area contributed by atoms with Crippen LogP contribution < -0.4 is 10.6 Å². The number of carbonyl (C=O) groups excluding carboxylic acids is 1. The van der Waals surface area contributed by atoms with Crippen LogP contribution in [0.2, 0.25) is 0 Å². The minimum atomic E-state index is -0.485. The predicted octanol–water partition coefficient (Wildman–Crippen LogP) is 0.705. The molecule has 0 saturated carbocycles. The normalized spacial score (nSPS) is 17.2. The second-order valence-electron chi connectivity index (χ2n) is 5.79. The Morgan fingerprint density at radius 1 is 1.48 bits per heavy atom. The highest BCUT2D eigenvalue weighted by Crippen LogP contribution is 2.26. The first-order chi connectivity index (χ1) is 11.1. The number of nitrogens with one attached hydrogen (secondary N) is 1. The molecule has 0 fully saturated rings. The van der Waals surface area contributed by atoms with E-state index in [1.54, 1.807) is 12.5 Å². The third-order valence-electron chi connectivity index (χ3n) is 4.45. The van der Waals surface area contributed by atoms with Crippen LogP contribution in [0.1, 0.15) is 22.7 Å². The highest BCUT2D eigenvalue weighted by atomic mass is 16.1. The van der Waals surface area contributed by atoms with Gasteiger partial charge in [-0.3, -0.25) is 4.79 Å². The van der Waals surface area contributed by atoms with E-state index >= 15 is 0 Å². The lowest BCUT2D eigenvalue weighted by Gasteiger charge is -2.32. The molecule has 0 bridgehead atoms. The SMILES string of the molecule is CN(c1ncnc2[nH]ccc12)C1CCn2cc(C(N)=O)nc2C1. The van der Waals surface area contributed by atoms with Crippen LogP contribution in [0.3, 0.4) is 0 Å². The van der Waals surface area contributed by atoms with E-state index in [0.29, 0.717) is 5.69 Å². The quantitative estimate of drug-likeness (QED) is 0.741. The zero-order valence-corrected chi connectivity index (χ0v) is 12.7. The standard InChI is InChI=1S/C15H17N7O/c1-21(15-10-2-4-17-14(10)18-8-19-15)9-3-5-22-7-11(13(16)23)20-12(22)6-9/h2,4,7-9H,3,5-6H2,1H3,(H2,16,23)(H,17,18,19). The van der Waals surface area contributed by atoms with Crippen molar-refractivity contribution in [1.29, 1.82) is 0 Å². The van der Waals surface area contributed by atoms with Gasteiger partial charge in [-0.15, -0.1) is 0 Å². The first kappa shape index (κ1) is 13.7. The number of aryl methyl sites for hydroxylation is 1. The van der Waals surface area contributed by atoms with Crippen molar-refractivity contribution in [2.75, 3.05) is 11.9 Å². The van der Waals surface area contributed by atoms with Crippen LogP contribution in [0.15, 0.2) is 24.8 Å². The monoisotopic (exact) mass is 311 g/mol. The van der Waals surface area contributed by atoms with Gasteiger partial charge in [-0.2, -0.15) is 0 Å². The Morgan fingerprint density at radius 3 is 3.17 bits per heavy atom. The van der Waals surface area contributed by atoms with Gasteiger partial charge in [0.25, 0.3) is 5.91 Å². The van der Waals surface area contributed by atoms with Gasteiger partial charge >= 0.3 is 0 Å². The number of rotatable bonds is 3. The molecule has 1 unspecified atom stereocenters. The van der Waals surface area contributed by atoms with Crippen LogP contribution in [-0.4, -0.2) is 43.5 Å². The molecule has 4 heterocycles. The molecule has 118 valence electrons.